The van der Waals surface area contributed by atoms with Crippen molar-refractivity contribution in [1.29, 1.82) is 0 Å². The van der Waals surface area contributed by atoms with Crippen LogP contribution in [-0.4, -0.2) is 49.3 Å². The topological polar surface area (TPSA) is 24.5 Å². The van der Waals surface area contributed by atoms with Gasteiger partial charge in [0, 0.05) is 25.2 Å². The van der Waals surface area contributed by atoms with Crippen LogP contribution in [-0.2, 0) is 4.74 Å². The Bertz CT molecular complexity index is 512. The molecule has 1 saturated heterocycles. The molecular formula is C35H70N2O. The number of hydrogen-bond donors (Lipinski definition) is 1. The summed E-state index contributed by atoms with van der Waals surface area (Å²) in [6.07, 6.45) is 30.9. The molecule has 0 amide bonds. The summed E-state index contributed by atoms with van der Waals surface area (Å²) in [6, 6.07) is 1.45. The zero-order chi connectivity index (χ0) is 27.3. The second kappa shape index (κ2) is 22.6. The van der Waals surface area contributed by atoms with Crippen LogP contribution in [0.25, 0.3) is 0 Å². The van der Waals surface area contributed by atoms with Crippen LogP contribution in [0.4, 0.5) is 0 Å². The molecule has 1 aliphatic carbocycles. The van der Waals surface area contributed by atoms with Crippen LogP contribution in [0, 0.1) is 11.8 Å². The maximum Gasteiger partial charge on any atom is 0.0605 e. The molecule has 0 aromatic heterocycles. The van der Waals surface area contributed by atoms with E-state index in [1.807, 2.05) is 0 Å². The first kappa shape index (κ1) is 34.1. The van der Waals surface area contributed by atoms with Crippen molar-refractivity contribution in [2.75, 3.05) is 26.2 Å². The van der Waals surface area contributed by atoms with Gasteiger partial charge in [0.15, 0.2) is 0 Å². The van der Waals surface area contributed by atoms with Gasteiger partial charge in [-0.2, -0.15) is 0 Å². The van der Waals surface area contributed by atoms with Gasteiger partial charge in [0.2, 0.25) is 0 Å². The maximum absolute atomic E-state index is 6.44. The van der Waals surface area contributed by atoms with Gasteiger partial charge in [0.1, 0.15) is 0 Å². The number of unbranched alkanes of at least 4 members (excludes halogenated alkanes) is 10. The molecule has 2 rings (SSSR count). The quantitative estimate of drug-likeness (QED) is 0.118. The van der Waals surface area contributed by atoms with Crippen molar-refractivity contribution in [2.24, 2.45) is 11.8 Å². The summed E-state index contributed by atoms with van der Waals surface area (Å²) in [4.78, 5) is 2.79. The fraction of sp³-hybridized carbons (Fsp3) is 1.00. The molecule has 0 aromatic carbocycles. The summed E-state index contributed by atoms with van der Waals surface area (Å²) < 4.78 is 6.44. The van der Waals surface area contributed by atoms with E-state index >= 15 is 0 Å². The fourth-order valence-electron chi connectivity index (χ4n) is 6.77. The number of hydrogen-bond acceptors (Lipinski definition) is 3. The fourth-order valence-corrected chi connectivity index (χ4v) is 6.77. The first-order valence-corrected chi connectivity index (χ1v) is 17.8. The van der Waals surface area contributed by atoms with Gasteiger partial charge < -0.3 is 15.0 Å². The molecule has 0 bridgehead atoms. The van der Waals surface area contributed by atoms with E-state index in [4.69, 9.17) is 4.74 Å². The molecule has 3 nitrogen and oxygen atoms in total. The SMILES string of the molecule is CCCCCCCC(CCCCC)NC1CC(OCC2CCN(CC(CCCC)CCCCCC)CC2)C1. The minimum Gasteiger partial charge on any atom is -0.378 e. The van der Waals surface area contributed by atoms with E-state index < -0.39 is 0 Å². The lowest BCUT2D eigenvalue weighted by Crippen LogP contribution is -2.50. The Hall–Kier alpha value is -0.120. The summed E-state index contributed by atoms with van der Waals surface area (Å²) in [5, 5.41) is 4.04. The van der Waals surface area contributed by atoms with Crippen LogP contribution >= 0.6 is 0 Å². The van der Waals surface area contributed by atoms with Gasteiger partial charge in [-0.1, -0.05) is 118 Å². The summed E-state index contributed by atoms with van der Waals surface area (Å²) in [7, 11) is 0. The van der Waals surface area contributed by atoms with Gasteiger partial charge in [0.25, 0.3) is 0 Å². The average molecular weight is 535 g/mol. The minimum atomic E-state index is 0.521. The second-order valence-corrected chi connectivity index (χ2v) is 13.3. The second-order valence-electron chi connectivity index (χ2n) is 13.3. The molecule has 38 heavy (non-hydrogen) atoms. The third-order valence-corrected chi connectivity index (χ3v) is 9.60. The van der Waals surface area contributed by atoms with Gasteiger partial charge in [-0.3, -0.25) is 0 Å². The summed E-state index contributed by atoms with van der Waals surface area (Å²) in [5.74, 6) is 1.72. The summed E-state index contributed by atoms with van der Waals surface area (Å²) in [6.45, 7) is 14.3. The molecule has 3 heteroatoms. The summed E-state index contributed by atoms with van der Waals surface area (Å²) in [5.41, 5.74) is 0. The third kappa shape index (κ3) is 15.6. The van der Waals surface area contributed by atoms with E-state index in [1.165, 1.54) is 161 Å². The Balaban J connectivity index is 1.58. The number of rotatable bonds is 25. The Labute approximate surface area is 240 Å². The van der Waals surface area contributed by atoms with Gasteiger partial charge in [0.05, 0.1) is 6.10 Å². The zero-order valence-corrected chi connectivity index (χ0v) is 26.6. The molecule has 2 aliphatic rings. The number of piperidine rings is 1. The highest BCUT2D eigenvalue weighted by molar-refractivity contribution is 4.89. The normalized spacial score (nSPS) is 22.4. The average Bonchev–Trinajstić information content (AvgIpc) is 2.91. The molecule has 2 fully saturated rings. The monoisotopic (exact) mass is 535 g/mol. The van der Waals surface area contributed by atoms with E-state index in [0.29, 0.717) is 12.1 Å². The van der Waals surface area contributed by atoms with Crippen LogP contribution < -0.4 is 5.32 Å². The highest BCUT2D eigenvalue weighted by Gasteiger charge is 2.32. The van der Waals surface area contributed by atoms with E-state index in [9.17, 15) is 0 Å². The first-order chi connectivity index (χ1) is 18.7. The predicted octanol–water partition coefficient (Wildman–Crippen LogP) is 9.92. The van der Waals surface area contributed by atoms with Gasteiger partial charge in [-0.05, 0) is 76.3 Å². The minimum absolute atomic E-state index is 0.521. The number of ether oxygens (including phenoxy) is 1. The van der Waals surface area contributed by atoms with Crippen molar-refractivity contribution < 1.29 is 4.74 Å². The Morgan fingerprint density at radius 2 is 1.18 bits per heavy atom. The van der Waals surface area contributed by atoms with Crippen molar-refractivity contribution in [3.8, 4) is 0 Å². The van der Waals surface area contributed by atoms with E-state index in [1.54, 1.807) is 0 Å². The molecule has 0 spiro atoms. The van der Waals surface area contributed by atoms with Crippen molar-refractivity contribution in [2.45, 2.75) is 187 Å². The first-order valence-electron chi connectivity index (χ1n) is 17.8. The van der Waals surface area contributed by atoms with Gasteiger partial charge >= 0.3 is 0 Å². The molecule has 1 N–H and O–H groups in total. The lowest BCUT2D eigenvalue weighted by atomic mass is 9.87. The number of likely N-dealkylation sites (tertiary alicyclic amines) is 1. The molecular weight excluding hydrogens is 464 g/mol. The largest absolute Gasteiger partial charge is 0.378 e. The lowest BCUT2D eigenvalue weighted by molar-refractivity contribution is -0.0430. The predicted molar refractivity (Wildman–Crippen MR) is 168 cm³/mol. The smallest absolute Gasteiger partial charge is 0.0605 e. The molecule has 2 unspecified atom stereocenters. The van der Waals surface area contributed by atoms with Crippen LogP contribution in [0.3, 0.4) is 0 Å². The molecule has 2 atom stereocenters. The van der Waals surface area contributed by atoms with Crippen molar-refractivity contribution in [3.05, 3.63) is 0 Å². The van der Waals surface area contributed by atoms with Crippen LogP contribution in [0.2, 0.25) is 0 Å². The van der Waals surface area contributed by atoms with E-state index in [-0.39, 0.29) is 0 Å². The highest BCUT2D eigenvalue weighted by Crippen LogP contribution is 2.28. The molecule has 0 radical (unpaired) electrons. The molecule has 1 aliphatic heterocycles. The van der Waals surface area contributed by atoms with E-state index in [2.05, 4.69) is 37.9 Å². The number of nitrogens with zero attached hydrogens (tertiary/aromatic N) is 1. The molecule has 0 aromatic rings. The van der Waals surface area contributed by atoms with Crippen molar-refractivity contribution in [1.82, 2.24) is 10.2 Å². The third-order valence-electron chi connectivity index (χ3n) is 9.60. The standard InChI is InChI=1S/C35H70N2O/c1-5-9-13-15-18-22-33(21-16-11-7-3)36-34-27-35(28-34)38-30-32-23-25-37(26-24-32)29-31(19-12-8-4)20-17-14-10-6-2/h31-36H,5-30H2,1-4H3. The number of nitrogens with one attached hydrogen (secondary N) is 1. The van der Waals surface area contributed by atoms with Crippen LogP contribution in [0.5, 0.6) is 0 Å². The van der Waals surface area contributed by atoms with Crippen molar-refractivity contribution >= 4 is 0 Å². The molecule has 226 valence electrons. The highest BCUT2D eigenvalue weighted by atomic mass is 16.5. The maximum atomic E-state index is 6.44. The molecule has 1 saturated carbocycles. The van der Waals surface area contributed by atoms with Crippen LogP contribution in [0.1, 0.15) is 169 Å². The van der Waals surface area contributed by atoms with Crippen molar-refractivity contribution in [3.63, 3.8) is 0 Å². The zero-order valence-electron chi connectivity index (χ0n) is 26.6. The van der Waals surface area contributed by atoms with E-state index in [0.717, 1.165) is 24.5 Å². The molecule has 1 heterocycles. The lowest BCUT2D eigenvalue weighted by Gasteiger charge is -2.40. The summed E-state index contributed by atoms with van der Waals surface area (Å²) >= 11 is 0. The van der Waals surface area contributed by atoms with Gasteiger partial charge in [-0.25, -0.2) is 0 Å². The Morgan fingerprint density at radius 1 is 0.658 bits per heavy atom. The van der Waals surface area contributed by atoms with Crippen LogP contribution in [0.15, 0.2) is 0 Å². The Kier molecular flexibility index (Phi) is 20.2. The van der Waals surface area contributed by atoms with Gasteiger partial charge in [-0.15, -0.1) is 0 Å². The Morgan fingerprint density at radius 3 is 1.84 bits per heavy atom.